The van der Waals surface area contributed by atoms with E-state index >= 15 is 0 Å². The molecule has 0 N–H and O–H groups in total. The predicted octanol–water partition coefficient (Wildman–Crippen LogP) is 4.80. The Bertz CT molecular complexity index is 903. The van der Waals surface area contributed by atoms with Gasteiger partial charge < -0.3 is 9.47 Å². The third-order valence-electron chi connectivity index (χ3n) is 4.91. The number of methoxy groups -OCH3 is 1. The van der Waals surface area contributed by atoms with E-state index in [-0.39, 0.29) is 5.97 Å². The van der Waals surface area contributed by atoms with E-state index in [1.54, 1.807) is 19.2 Å². The lowest BCUT2D eigenvalue weighted by Crippen LogP contribution is -2.15. The van der Waals surface area contributed by atoms with Crippen LogP contribution in [-0.2, 0) is 4.74 Å². The lowest BCUT2D eigenvalue weighted by molar-refractivity contribution is 0.0424. The molecule has 1 aromatic heterocycles. The Balaban J connectivity index is 1.81. The van der Waals surface area contributed by atoms with Crippen LogP contribution in [0, 0.1) is 5.92 Å². The van der Waals surface area contributed by atoms with Crippen molar-refractivity contribution < 1.29 is 14.3 Å². The van der Waals surface area contributed by atoms with Gasteiger partial charge in [0.1, 0.15) is 22.3 Å². The molecule has 0 aliphatic carbocycles. The second kappa shape index (κ2) is 9.35. The van der Waals surface area contributed by atoms with Crippen LogP contribution in [0.5, 0.6) is 5.75 Å². The SMILES string of the molecule is CCCCC(CC)COC(=O)c1cc(-n2nc3ccccc3n2)ccc1OC. The minimum absolute atomic E-state index is 0.381. The fourth-order valence-corrected chi connectivity index (χ4v) is 3.12. The molecule has 6 heteroatoms. The van der Waals surface area contributed by atoms with Crippen molar-refractivity contribution in [3.05, 3.63) is 48.0 Å². The van der Waals surface area contributed by atoms with Crippen LogP contribution in [0.15, 0.2) is 42.5 Å². The molecule has 0 amide bonds. The Labute approximate surface area is 165 Å². The summed E-state index contributed by atoms with van der Waals surface area (Å²) >= 11 is 0. The summed E-state index contributed by atoms with van der Waals surface area (Å²) in [6.45, 7) is 4.72. The average molecular weight is 381 g/mol. The molecule has 0 aliphatic heterocycles. The molecule has 0 bridgehead atoms. The minimum atomic E-state index is -0.384. The van der Waals surface area contributed by atoms with Gasteiger partial charge in [0.15, 0.2) is 0 Å². The van der Waals surface area contributed by atoms with Crippen LogP contribution in [0.1, 0.15) is 49.9 Å². The van der Waals surface area contributed by atoms with Crippen molar-refractivity contribution in [1.82, 2.24) is 15.0 Å². The molecule has 148 valence electrons. The Hall–Kier alpha value is -2.89. The molecular formula is C22H27N3O3. The third kappa shape index (κ3) is 4.50. The van der Waals surface area contributed by atoms with Gasteiger partial charge in [-0.3, -0.25) is 0 Å². The van der Waals surface area contributed by atoms with Gasteiger partial charge in [0.05, 0.1) is 19.4 Å². The van der Waals surface area contributed by atoms with Crippen molar-refractivity contribution >= 4 is 17.0 Å². The molecule has 1 heterocycles. The smallest absolute Gasteiger partial charge is 0.342 e. The summed E-state index contributed by atoms with van der Waals surface area (Å²) in [5, 5.41) is 8.95. The molecule has 28 heavy (non-hydrogen) atoms. The number of hydrogen-bond donors (Lipinski definition) is 0. The standard InChI is InChI=1S/C22H27N3O3/c1-4-6-9-16(5-2)15-28-22(26)18-14-17(12-13-21(18)27-3)25-23-19-10-7-8-11-20(19)24-25/h7-8,10-14,16H,4-6,9,15H2,1-3H3. The first-order chi connectivity index (χ1) is 13.7. The largest absolute Gasteiger partial charge is 0.496 e. The Morgan fingerprint density at radius 2 is 1.82 bits per heavy atom. The molecule has 0 aliphatic rings. The summed E-state index contributed by atoms with van der Waals surface area (Å²) in [4.78, 5) is 14.2. The number of benzene rings is 2. The van der Waals surface area contributed by atoms with Gasteiger partial charge in [-0.1, -0.05) is 45.2 Å². The highest BCUT2D eigenvalue weighted by Crippen LogP contribution is 2.24. The van der Waals surface area contributed by atoms with Crippen LogP contribution in [-0.4, -0.2) is 34.7 Å². The predicted molar refractivity (Wildman–Crippen MR) is 109 cm³/mol. The molecular weight excluding hydrogens is 354 g/mol. The zero-order chi connectivity index (χ0) is 19.9. The molecule has 6 nitrogen and oxygen atoms in total. The van der Waals surface area contributed by atoms with Gasteiger partial charge in [-0.25, -0.2) is 4.79 Å². The number of carbonyl (C=O) groups is 1. The Morgan fingerprint density at radius 1 is 1.11 bits per heavy atom. The first-order valence-corrected chi connectivity index (χ1v) is 9.83. The first kappa shape index (κ1) is 19.9. The second-order valence-electron chi connectivity index (χ2n) is 6.88. The van der Waals surface area contributed by atoms with E-state index in [2.05, 4.69) is 24.0 Å². The molecule has 0 radical (unpaired) electrons. The molecule has 2 aromatic carbocycles. The number of ether oxygens (including phenoxy) is 2. The maximum absolute atomic E-state index is 12.7. The van der Waals surface area contributed by atoms with Crippen molar-refractivity contribution in [3.63, 3.8) is 0 Å². The number of esters is 1. The van der Waals surface area contributed by atoms with Gasteiger partial charge in [0, 0.05) is 0 Å². The summed E-state index contributed by atoms with van der Waals surface area (Å²) in [7, 11) is 1.54. The number of hydrogen-bond acceptors (Lipinski definition) is 5. The summed E-state index contributed by atoms with van der Waals surface area (Å²) in [5.74, 6) is 0.480. The second-order valence-corrected chi connectivity index (χ2v) is 6.88. The zero-order valence-electron chi connectivity index (χ0n) is 16.7. The zero-order valence-corrected chi connectivity index (χ0v) is 16.7. The fraction of sp³-hybridized carbons (Fsp3) is 0.409. The highest BCUT2D eigenvalue weighted by Gasteiger charge is 2.18. The van der Waals surface area contributed by atoms with Gasteiger partial charge in [-0.05, 0) is 42.7 Å². The molecule has 0 fully saturated rings. The molecule has 1 unspecified atom stereocenters. The van der Waals surface area contributed by atoms with Gasteiger partial charge in [-0.15, -0.1) is 10.2 Å². The highest BCUT2D eigenvalue weighted by molar-refractivity contribution is 5.93. The number of rotatable bonds is 9. The van der Waals surface area contributed by atoms with Crippen molar-refractivity contribution in [1.29, 1.82) is 0 Å². The van der Waals surface area contributed by atoms with E-state index in [1.807, 2.05) is 30.3 Å². The van der Waals surface area contributed by atoms with Gasteiger partial charge >= 0.3 is 5.97 Å². The maximum atomic E-state index is 12.7. The normalized spacial score (nSPS) is 12.1. The minimum Gasteiger partial charge on any atom is -0.496 e. The molecule has 0 spiro atoms. The Kier molecular flexibility index (Phi) is 6.63. The topological polar surface area (TPSA) is 66.2 Å². The molecule has 0 saturated carbocycles. The van der Waals surface area contributed by atoms with Crippen molar-refractivity contribution in [2.75, 3.05) is 13.7 Å². The van der Waals surface area contributed by atoms with E-state index in [4.69, 9.17) is 9.47 Å². The lowest BCUT2D eigenvalue weighted by atomic mass is 10.0. The summed E-state index contributed by atoms with van der Waals surface area (Å²) < 4.78 is 11.0. The van der Waals surface area contributed by atoms with Crippen LogP contribution >= 0.6 is 0 Å². The lowest BCUT2D eigenvalue weighted by Gasteiger charge is -2.15. The van der Waals surface area contributed by atoms with Crippen LogP contribution < -0.4 is 4.74 Å². The highest BCUT2D eigenvalue weighted by atomic mass is 16.5. The monoisotopic (exact) mass is 381 g/mol. The van der Waals surface area contributed by atoms with Crippen molar-refractivity contribution in [2.24, 2.45) is 5.92 Å². The van der Waals surface area contributed by atoms with Crippen LogP contribution in [0.25, 0.3) is 16.7 Å². The van der Waals surface area contributed by atoms with Gasteiger partial charge in [0.25, 0.3) is 0 Å². The number of aromatic nitrogens is 3. The number of unbranched alkanes of at least 4 members (excludes halogenated alkanes) is 1. The summed E-state index contributed by atoms with van der Waals surface area (Å²) in [5.41, 5.74) is 2.65. The molecule has 0 saturated heterocycles. The quantitative estimate of drug-likeness (QED) is 0.498. The van der Waals surface area contributed by atoms with E-state index < -0.39 is 0 Å². The molecule has 3 aromatic rings. The fourth-order valence-electron chi connectivity index (χ4n) is 3.12. The summed E-state index contributed by atoms with van der Waals surface area (Å²) in [6.07, 6.45) is 4.36. The van der Waals surface area contributed by atoms with Crippen molar-refractivity contribution in [2.45, 2.75) is 39.5 Å². The molecule has 1 atom stereocenters. The van der Waals surface area contributed by atoms with E-state index in [0.29, 0.717) is 29.5 Å². The Morgan fingerprint density at radius 3 is 2.43 bits per heavy atom. The van der Waals surface area contributed by atoms with Gasteiger partial charge in [0.2, 0.25) is 0 Å². The number of nitrogens with zero attached hydrogens (tertiary/aromatic N) is 3. The maximum Gasteiger partial charge on any atom is 0.342 e. The number of carbonyl (C=O) groups excluding carboxylic acids is 1. The molecule has 3 rings (SSSR count). The van der Waals surface area contributed by atoms with E-state index in [9.17, 15) is 4.79 Å². The average Bonchev–Trinajstić information content (AvgIpc) is 3.17. The van der Waals surface area contributed by atoms with Crippen LogP contribution in [0.2, 0.25) is 0 Å². The van der Waals surface area contributed by atoms with E-state index in [0.717, 1.165) is 36.7 Å². The number of fused-ring (bicyclic) bond motifs is 1. The first-order valence-electron chi connectivity index (χ1n) is 9.83. The van der Waals surface area contributed by atoms with E-state index in [1.165, 1.54) is 4.80 Å². The van der Waals surface area contributed by atoms with Crippen molar-refractivity contribution in [3.8, 4) is 11.4 Å². The van der Waals surface area contributed by atoms with Gasteiger partial charge in [-0.2, -0.15) is 4.80 Å². The third-order valence-corrected chi connectivity index (χ3v) is 4.91. The van der Waals surface area contributed by atoms with Crippen LogP contribution in [0.3, 0.4) is 0 Å². The van der Waals surface area contributed by atoms with Crippen LogP contribution in [0.4, 0.5) is 0 Å². The summed E-state index contributed by atoms with van der Waals surface area (Å²) in [6, 6.07) is 12.9.